The molecule has 9 heteroatoms. The van der Waals surface area contributed by atoms with Crippen LogP contribution in [0.3, 0.4) is 0 Å². The lowest BCUT2D eigenvalue weighted by Gasteiger charge is -2.44. The Balaban J connectivity index is 1.59. The van der Waals surface area contributed by atoms with Gasteiger partial charge in [0.2, 0.25) is 11.8 Å². The quantitative estimate of drug-likeness (QED) is 0.206. The fourth-order valence-corrected chi connectivity index (χ4v) is 6.90. The molecule has 0 radical (unpaired) electrons. The van der Waals surface area contributed by atoms with E-state index < -0.39 is 28.5 Å². The standard InChI is InChI=1S/C33H25N3O6/c1-17-15-32(2,3)36-26-21(17)13-19(40-29(37)18-9-5-4-6-10-18)14-22(26)33(31(36)39)23(16-34)28(35)42-27-20-11-7-8-12-24(20)41-30(38)25(27)33/h4-14,17H,15,35H2,1-3H3/t17-,33+/m1/s1. The predicted octanol–water partition coefficient (Wildman–Crippen LogP) is 5.02. The largest absolute Gasteiger partial charge is 0.439 e. The summed E-state index contributed by atoms with van der Waals surface area (Å²) in [6.45, 7) is 5.92. The number of esters is 1. The van der Waals surface area contributed by atoms with E-state index in [1.807, 2.05) is 20.8 Å². The Kier molecular flexibility index (Phi) is 5.22. The summed E-state index contributed by atoms with van der Waals surface area (Å²) < 4.78 is 17.5. The number of benzene rings is 3. The second kappa shape index (κ2) is 8.57. The van der Waals surface area contributed by atoms with Gasteiger partial charge >= 0.3 is 11.6 Å². The fraction of sp³-hybridized carbons (Fsp3) is 0.212. The molecule has 0 saturated carbocycles. The third-order valence-corrected chi connectivity index (χ3v) is 8.51. The van der Waals surface area contributed by atoms with Crippen molar-refractivity contribution < 1.29 is 23.5 Å². The molecule has 2 N–H and O–H groups in total. The lowest BCUT2D eigenvalue weighted by molar-refractivity contribution is -0.122. The normalized spacial score (nSPS) is 21.5. The number of nitriles is 1. The van der Waals surface area contributed by atoms with Gasteiger partial charge in [-0.25, -0.2) is 9.59 Å². The van der Waals surface area contributed by atoms with Gasteiger partial charge in [-0.1, -0.05) is 37.3 Å². The summed E-state index contributed by atoms with van der Waals surface area (Å²) in [7, 11) is 0. The smallest absolute Gasteiger partial charge is 0.345 e. The first-order valence-electron chi connectivity index (χ1n) is 13.5. The van der Waals surface area contributed by atoms with Crippen LogP contribution in [0.5, 0.6) is 11.5 Å². The monoisotopic (exact) mass is 559 g/mol. The van der Waals surface area contributed by atoms with E-state index in [1.165, 1.54) is 0 Å². The van der Waals surface area contributed by atoms with Crippen LogP contribution in [0.2, 0.25) is 0 Å². The van der Waals surface area contributed by atoms with Gasteiger partial charge in [0.15, 0.2) is 11.2 Å². The van der Waals surface area contributed by atoms with Crippen molar-refractivity contribution in [2.75, 3.05) is 4.90 Å². The lowest BCUT2D eigenvalue weighted by atomic mass is 9.68. The van der Waals surface area contributed by atoms with Crippen LogP contribution in [0.15, 0.2) is 87.4 Å². The molecule has 0 saturated heterocycles. The fourth-order valence-electron chi connectivity index (χ4n) is 6.90. The van der Waals surface area contributed by atoms with Gasteiger partial charge in [-0.3, -0.25) is 4.79 Å². The van der Waals surface area contributed by atoms with Crippen molar-refractivity contribution in [2.24, 2.45) is 5.73 Å². The number of amides is 1. The maximum atomic E-state index is 14.9. The van der Waals surface area contributed by atoms with E-state index in [0.717, 1.165) is 5.56 Å². The highest BCUT2D eigenvalue weighted by Crippen LogP contribution is 2.61. The molecule has 1 aromatic heterocycles. The number of nitrogens with zero attached hydrogens (tertiary/aromatic N) is 2. The van der Waals surface area contributed by atoms with Gasteiger partial charge < -0.3 is 24.5 Å². The van der Waals surface area contributed by atoms with Crippen LogP contribution in [0, 0.1) is 11.3 Å². The van der Waals surface area contributed by atoms with Gasteiger partial charge in [0, 0.05) is 11.1 Å². The number of fused-ring (bicyclic) bond motifs is 5. The molecule has 0 bridgehead atoms. The first kappa shape index (κ1) is 25.6. The molecule has 0 unspecified atom stereocenters. The SMILES string of the molecule is C[C@@H]1CC(C)(C)N2C(=O)[C@]3(C(C#N)=C(N)Oc4c3c(=O)oc3ccccc43)c3cc(OC(=O)c4ccccc4)cc1c32. The van der Waals surface area contributed by atoms with Gasteiger partial charge in [-0.2, -0.15) is 5.26 Å². The second-order valence-electron chi connectivity index (χ2n) is 11.5. The molecule has 4 heterocycles. The molecule has 7 rings (SSSR count). The van der Waals surface area contributed by atoms with Crippen LogP contribution in [0.25, 0.3) is 11.0 Å². The Bertz CT molecular complexity index is 2000. The maximum absolute atomic E-state index is 14.9. The maximum Gasteiger partial charge on any atom is 0.345 e. The molecule has 2 atom stereocenters. The van der Waals surface area contributed by atoms with Crippen molar-refractivity contribution in [3.63, 3.8) is 0 Å². The molecule has 3 aromatic carbocycles. The highest BCUT2D eigenvalue weighted by molar-refractivity contribution is 6.16. The molecule has 1 spiro atoms. The number of anilines is 1. The Labute approximate surface area is 240 Å². The molecule has 3 aliphatic rings. The van der Waals surface area contributed by atoms with E-state index >= 15 is 0 Å². The molecule has 0 aliphatic carbocycles. The minimum absolute atomic E-state index is 0.0532. The number of carbonyl (C=O) groups is 2. The average Bonchev–Trinajstić information content (AvgIpc) is 3.21. The number of hydrogen-bond acceptors (Lipinski definition) is 8. The summed E-state index contributed by atoms with van der Waals surface area (Å²) in [5.41, 5.74) is 4.74. The topological polar surface area (TPSA) is 136 Å². The van der Waals surface area contributed by atoms with Gasteiger partial charge in [0.25, 0.3) is 0 Å². The first-order valence-corrected chi connectivity index (χ1v) is 13.5. The van der Waals surface area contributed by atoms with Gasteiger partial charge in [-0.15, -0.1) is 0 Å². The van der Waals surface area contributed by atoms with Crippen LogP contribution in [0.4, 0.5) is 5.69 Å². The molecule has 42 heavy (non-hydrogen) atoms. The summed E-state index contributed by atoms with van der Waals surface area (Å²) in [4.78, 5) is 43.6. The molecule has 9 nitrogen and oxygen atoms in total. The van der Waals surface area contributed by atoms with E-state index in [2.05, 4.69) is 6.07 Å². The Morgan fingerprint density at radius 1 is 1.10 bits per heavy atom. The van der Waals surface area contributed by atoms with Crippen molar-refractivity contribution in [1.82, 2.24) is 0 Å². The number of hydrogen-bond donors (Lipinski definition) is 1. The van der Waals surface area contributed by atoms with E-state index in [-0.39, 0.29) is 40.0 Å². The summed E-state index contributed by atoms with van der Waals surface area (Å²) in [6.07, 6.45) is 0.577. The number of para-hydroxylation sites is 1. The molecular formula is C33H25N3O6. The summed E-state index contributed by atoms with van der Waals surface area (Å²) >= 11 is 0. The average molecular weight is 560 g/mol. The van der Waals surface area contributed by atoms with Crippen LogP contribution < -0.4 is 25.7 Å². The van der Waals surface area contributed by atoms with E-state index in [4.69, 9.17) is 19.6 Å². The molecular weight excluding hydrogens is 534 g/mol. The third-order valence-electron chi connectivity index (χ3n) is 8.51. The summed E-state index contributed by atoms with van der Waals surface area (Å²) in [5, 5.41) is 10.9. The minimum Gasteiger partial charge on any atom is -0.439 e. The van der Waals surface area contributed by atoms with Crippen LogP contribution in [0.1, 0.15) is 60.2 Å². The van der Waals surface area contributed by atoms with Crippen molar-refractivity contribution in [3.05, 3.63) is 111 Å². The predicted molar refractivity (Wildman–Crippen MR) is 153 cm³/mol. The highest BCUT2D eigenvalue weighted by Gasteiger charge is 2.65. The summed E-state index contributed by atoms with van der Waals surface area (Å²) in [6, 6.07) is 20.7. The van der Waals surface area contributed by atoms with Crippen molar-refractivity contribution >= 4 is 28.5 Å². The number of carbonyl (C=O) groups excluding carboxylic acids is 2. The van der Waals surface area contributed by atoms with Gasteiger partial charge in [0.1, 0.15) is 28.5 Å². The zero-order chi connectivity index (χ0) is 29.6. The lowest BCUT2D eigenvalue weighted by Crippen LogP contribution is -2.55. The van der Waals surface area contributed by atoms with E-state index in [9.17, 15) is 19.6 Å². The second-order valence-corrected chi connectivity index (χ2v) is 11.5. The molecule has 3 aliphatic heterocycles. The zero-order valence-corrected chi connectivity index (χ0v) is 23.1. The first-order chi connectivity index (χ1) is 20.1. The minimum atomic E-state index is -1.99. The van der Waals surface area contributed by atoms with Gasteiger partial charge in [-0.05, 0) is 68.1 Å². The molecule has 208 valence electrons. The third kappa shape index (κ3) is 3.20. The number of ether oxygens (including phenoxy) is 2. The van der Waals surface area contributed by atoms with Crippen LogP contribution in [-0.2, 0) is 10.2 Å². The van der Waals surface area contributed by atoms with E-state index in [1.54, 1.807) is 71.6 Å². The van der Waals surface area contributed by atoms with Crippen LogP contribution in [-0.4, -0.2) is 17.4 Å². The Morgan fingerprint density at radius 2 is 1.81 bits per heavy atom. The Morgan fingerprint density at radius 3 is 2.55 bits per heavy atom. The summed E-state index contributed by atoms with van der Waals surface area (Å²) in [5.74, 6) is -1.23. The van der Waals surface area contributed by atoms with Gasteiger partial charge in [0.05, 0.1) is 16.6 Å². The molecule has 4 aromatic rings. The zero-order valence-electron chi connectivity index (χ0n) is 23.1. The number of nitrogens with two attached hydrogens (primary N) is 1. The van der Waals surface area contributed by atoms with Crippen molar-refractivity contribution in [3.8, 4) is 17.6 Å². The van der Waals surface area contributed by atoms with Crippen molar-refractivity contribution in [1.29, 1.82) is 5.26 Å². The molecule has 1 amide bonds. The highest BCUT2D eigenvalue weighted by atomic mass is 16.5. The number of rotatable bonds is 2. The Hall–Kier alpha value is -5.36. The van der Waals surface area contributed by atoms with Crippen LogP contribution >= 0.6 is 0 Å². The van der Waals surface area contributed by atoms with Crippen molar-refractivity contribution in [2.45, 2.75) is 44.1 Å². The molecule has 0 fully saturated rings. The van der Waals surface area contributed by atoms with E-state index in [0.29, 0.717) is 28.6 Å².